The number of urea groups is 1. The third-order valence-corrected chi connectivity index (χ3v) is 3.55. The number of hydrogen-bond acceptors (Lipinski definition) is 5. The summed E-state index contributed by atoms with van der Waals surface area (Å²) in [5, 5.41) is 3.62. The number of aromatic nitrogens is 1. The molecule has 0 aliphatic carbocycles. The number of rotatable bonds is 5. The van der Waals surface area contributed by atoms with Gasteiger partial charge in [0, 0.05) is 23.4 Å². The van der Waals surface area contributed by atoms with Gasteiger partial charge in [0.05, 0.1) is 6.20 Å². The largest absolute Gasteiger partial charge is 0.441 e. The number of carbonyl (C=O) groups is 3. The Hall–Kier alpha value is -2.87. The van der Waals surface area contributed by atoms with Crippen molar-refractivity contribution in [3.05, 3.63) is 41.4 Å². The molecule has 0 radical (unpaired) electrons. The second kappa shape index (κ2) is 6.71. The number of halogens is 1. The van der Waals surface area contributed by atoms with Gasteiger partial charge in [0.25, 0.3) is 0 Å². The minimum absolute atomic E-state index is 0.0680. The summed E-state index contributed by atoms with van der Waals surface area (Å²) >= 11 is 5.83. The van der Waals surface area contributed by atoms with E-state index in [-0.39, 0.29) is 19.4 Å². The molecule has 0 atom stereocenters. The third kappa shape index (κ3) is 3.72. The molecule has 1 saturated heterocycles. The Kier molecular flexibility index (Phi) is 4.48. The van der Waals surface area contributed by atoms with Gasteiger partial charge in [0.1, 0.15) is 6.54 Å². The quantitative estimate of drug-likeness (QED) is 0.797. The Morgan fingerprint density at radius 2 is 2.08 bits per heavy atom. The van der Waals surface area contributed by atoms with E-state index < -0.39 is 17.8 Å². The minimum atomic E-state index is -0.644. The number of nitrogens with zero attached hydrogens (tertiary/aromatic N) is 2. The van der Waals surface area contributed by atoms with Crippen LogP contribution in [0.4, 0.5) is 4.79 Å². The second-order valence-electron chi connectivity index (χ2n) is 5.10. The molecule has 1 aliphatic heterocycles. The van der Waals surface area contributed by atoms with Gasteiger partial charge in [-0.3, -0.25) is 20.3 Å². The average molecular weight is 349 g/mol. The smallest absolute Gasteiger partial charge is 0.343 e. The van der Waals surface area contributed by atoms with Crippen LogP contribution in [0, 0.1) is 0 Å². The maximum absolute atomic E-state index is 11.8. The molecule has 0 saturated carbocycles. The van der Waals surface area contributed by atoms with E-state index in [1.807, 2.05) is 12.1 Å². The maximum atomic E-state index is 11.8. The van der Waals surface area contributed by atoms with Crippen molar-refractivity contribution in [2.75, 3.05) is 6.54 Å². The van der Waals surface area contributed by atoms with Crippen LogP contribution in [0.3, 0.4) is 0 Å². The molecule has 1 aliphatic rings. The summed E-state index contributed by atoms with van der Waals surface area (Å²) in [6, 6.07) is 6.46. The number of amides is 4. The molecule has 2 aromatic rings. The number of nitrogens with one attached hydrogen (secondary N) is 2. The van der Waals surface area contributed by atoms with E-state index in [1.165, 1.54) is 0 Å². The first kappa shape index (κ1) is 16.0. The van der Waals surface area contributed by atoms with Gasteiger partial charge in [0.15, 0.2) is 11.7 Å². The third-order valence-electron chi connectivity index (χ3n) is 3.30. The summed E-state index contributed by atoms with van der Waals surface area (Å²) < 4.78 is 5.59. The lowest BCUT2D eigenvalue weighted by Crippen LogP contribution is -2.44. The fourth-order valence-electron chi connectivity index (χ4n) is 2.13. The van der Waals surface area contributed by atoms with Gasteiger partial charge in [-0.05, 0) is 24.3 Å². The Bertz CT molecular complexity index is 787. The van der Waals surface area contributed by atoms with Crippen LogP contribution in [-0.2, 0) is 16.0 Å². The molecule has 0 spiro atoms. The van der Waals surface area contributed by atoms with Crippen molar-refractivity contribution in [1.82, 2.24) is 20.7 Å². The number of oxazole rings is 1. The van der Waals surface area contributed by atoms with E-state index >= 15 is 0 Å². The summed E-state index contributed by atoms with van der Waals surface area (Å²) in [6.07, 6.45) is 1.91. The fraction of sp³-hybridized carbons (Fsp3) is 0.200. The first-order valence-corrected chi connectivity index (χ1v) is 7.50. The van der Waals surface area contributed by atoms with Crippen molar-refractivity contribution in [1.29, 1.82) is 0 Å². The molecule has 2 N–H and O–H groups in total. The Morgan fingerprint density at radius 1 is 1.33 bits per heavy atom. The van der Waals surface area contributed by atoms with Crippen LogP contribution in [0.25, 0.3) is 11.3 Å². The monoisotopic (exact) mass is 348 g/mol. The summed E-state index contributed by atoms with van der Waals surface area (Å²) in [4.78, 5) is 38.3. The molecule has 124 valence electrons. The summed E-state index contributed by atoms with van der Waals surface area (Å²) in [5.41, 5.74) is 3.18. The molecule has 1 fully saturated rings. The van der Waals surface area contributed by atoms with E-state index in [0.717, 1.165) is 10.6 Å². The van der Waals surface area contributed by atoms with Crippen molar-refractivity contribution >= 4 is 29.4 Å². The first-order valence-electron chi connectivity index (χ1n) is 7.13. The predicted molar refractivity (Wildman–Crippen MR) is 83.7 cm³/mol. The topological polar surface area (TPSA) is 105 Å². The van der Waals surface area contributed by atoms with Crippen molar-refractivity contribution in [2.45, 2.75) is 12.8 Å². The van der Waals surface area contributed by atoms with Gasteiger partial charge in [-0.25, -0.2) is 14.8 Å². The number of imide groups is 1. The van der Waals surface area contributed by atoms with E-state index in [0.29, 0.717) is 16.7 Å². The van der Waals surface area contributed by atoms with Crippen molar-refractivity contribution in [3.63, 3.8) is 0 Å². The van der Waals surface area contributed by atoms with Crippen LogP contribution in [0.5, 0.6) is 0 Å². The lowest BCUT2D eigenvalue weighted by molar-refractivity contribution is -0.125. The molecule has 0 bridgehead atoms. The Morgan fingerprint density at radius 3 is 2.75 bits per heavy atom. The predicted octanol–water partition coefficient (Wildman–Crippen LogP) is 1.51. The van der Waals surface area contributed by atoms with E-state index in [2.05, 4.69) is 15.7 Å². The molecule has 1 aromatic carbocycles. The van der Waals surface area contributed by atoms with Gasteiger partial charge in [0.2, 0.25) is 11.8 Å². The lowest BCUT2D eigenvalue weighted by atomic mass is 10.2. The highest BCUT2D eigenvalue weighted by Gasteiger charge is 2.28. The molecule has 24 heavy (non-hydrogen) atoms. The number of hydrazine groups is 1. The van der Waals surface area contributed by atoms with Crippen molar-refractivity contribution < 1.29 is 18.8 Å². The number of benzene rings is 1. The highest BCUT2D eigenvalue weighted by molar-refractivity contribution is 6.30. The minimum Gasteiger partial charge on any atom is -0.441 e. The van der Waals surface area contributed by atoms with Crippen LogP contribution in [0.1, 0.15) is 12.3 Å². The van der Waals surface area contributed by atoms with Crippen LogP contribution >= 0.6 is 11.6 Å². The Balaban J connectivity index is 1.53. The molecule has 9 heteroatoms. The van der Waals surface area contributed by atoms with Crippen LogP contribution in [0.15, 0.2) is 34.9 Å². The first-order chi connectivity index (χ1) is 11.5. The average Bonchev–Trinajstić information content (AvgIpc) is 3.13. The molecule has 1 aromatic heterocycles. The molecule has 4 amide bonds. The van der Waals surface area contributed by atoms with Gasteiger partial charge in [-0.15, -0.1) is 0 Å². The molecule has 8 nitrogen and oxygen atoms in total. The second-order valence-corrected chi connectivity index (χ2v) is 5.54. The molecule has 3 rings (SSSR count). The maximum Gasteiger partial charge on any atom is 0.343 e. The summed E-state index contributed by atoms with van der Waals surface area (Å²) in [7, 11) is 0. The normalized spacial score (nSPS) is 14.0. The van der Waals surface area contributed by atoms with E-state index in [9.17, 15) is 14.4 Å². The molecular formula is C15H13ClN4O4. The van der Waals surface area contributed by atoms with Crippen LogP contribution in [-0.4, -0.2) is 34.4 Å². The molecular weight excluding hydrogens is 336 g/mol. The number of hydrogen-bond donors (Lipinski definition) is 2. The Labute approximate surface area is 141 Å². The molecule has 2 heterocycles. The lowest BCUT2D eigenvalue weighted by Gasteiger charge is -2.13. The highest BCUT2D eigenvalue weighted by Crippen LogP contribution is 2.22. The highest BCUT2D eigenvalue weighted by atomic mass is 35.5. The van der Waals surface area contributed by atoms with Gasteiger partial charge in [-0.1, -0.05) is 11.6 Å². The van der Waals surface area contributed by atoms with Crippen molar-refractivity contribution in [3.8, 4) is 11.3 Å². The summed E-state index contributed by atoms with van der Waals surface area (Å²) in [6.45, 7) is -0.190. The van der Waals surface area contributed by atoms with E-state index in [4.69, 9.17) is 16.0 Å². The van der Waals surface area contributed by atoms with Crippen molar-refractivity contribution in [2.24, 2.45) is 0 Å². The fourth-order valence-corrected chi connectivity index (χ4v) is 2.26. The zero-order valence-corrected chi connectivity index (χ0v) is 13.2. The van der Waals surface area contributed by atoms with Gasteiger partial charge in [-0.2, -0.15) is 0 Å². The zero-order valence-electron chi connectivity index (χ0n) is 12.4. The zero-order chi connectivity index (χ0) is 17.1. The van der Waals surface area contributed by atoms with E-state index in [1.54, 1.807) is 18.3 Å². The SMILES string of the molecule is O=C1CN(NC(=O)CCc2ncc(-c3ccc(Cl)cc3)o2)C(=O)N1. The van der Waals surface area contributed by atoms with Crippen LogP contribution in [0.2, 0.25) is 5.02 Å². The number of aryl methyl sites for hydroxylation is 1. The van der Waals surface area contributed by atoms with Gasteiger partial charge < -0.3 is 4.42 Å². The summed E-state index contributed by atoms with van der Waals surface area (Å²) in [5.74, 6) is 0.107. The standard InChI is InChI=1S/C15H13ClN4O4/c16-10-3-1-9(2-4-10)11-7-17-14(24-11)6-5-12(21)19-20-8-13(22)18-15(20)23/h1-4,7H,5-6,8H2,(H,19,21)(H,18,22,23). The van der Waals surface area contributed by atoms with Gasteiger partial charge >= 0.3 is 6.03 Å². The van der Waals surface area contributed by atoms with Crippen LogP contribution < -0.4 is 10.7 Å². The molecule has 0 unspecified atom stereocenters. The number of carbonyl (C=O) groups excluding carboxylic acids is 3.